The number of aliphatic hydroxyl groups is 1. The molecular weight excluding hydrogens is 446 g/mol. The quantitative estimate of drug-likeness (QED) is 0.586. The summed E-state index contributed by atoms with van der Waals surface area (Å²) in [5.41, 5.74) is 2.98. The highest BCUT2D eigenvalue weighted by molar-refractivity contribution is 7.89. The molecule has 0 aromatic heterocycles. The van der Waals surface area contributed by atoms with E-state index in [0.29, 0.717) is 5.69 Å². The second-order valence-electron chi connectivity index (χ2n) is 7.91. The number of rotatable bonds is 7. The van der Waals surface area contributed by atoms with Crippen LogP contribution in [0.15, 0.2) is 47.4 Å². The van der Waals surface area contributed by atoms with Gasteiger partial charge in [-0.3, -0.25) is 9.59 Å². The minimum atomic E-state index is -4.05. The van der Waals surface area contributed by atoms with Gasteiger partial charge in [-0.05, 0) is 54.8 Å². The molecule has 0 radical (unpaired) electrons. The fraction of sp³-hybridized carbons (Fsp3) is 0.348. The molecule has 1 aliphatic heterocycles. The smallest absolute Gasteiger partial charge is 0.325 e. The number of esters is 1. The maximum Gasteiger partial charge on any atom is 0.325 e. The Bertz CT molecular complexity index is 1190. The highest BCUT2D eigenvalue weighted by atomic mass is 32.2. The summed E-state index contributed by atoms with van der Waals surface area (Å²) in [5, 5.41) is 21.3. The number of aryl methyl sites for hydroxylation is 2. The van der Waals surface area contributed by atoms with E-state index in [-0.39, 0.29) is 24.3 Å². The van der Waals surface area contributed by atoms with Crippen molar-refractivity contribution >= 4 is 27.6 Å². The zero-order valence-corrected chi connectivity index (χ0v) is 19.1. The monoisotopic (exact) mass is 471 g/mol. The predicted octanol–water partition coefficient (Wildman–Crippen LogP) is 1.68. The Hall–Kier alpha value is -3.26. The van der Waals surface area contributed by atoms with Gasteiger partial charge in [-0.15, -0.1) is 0 Å². The van der Waals surface area contributed by atoms with Gasteiger partial charge in [0.25, 0.3) is 5.91 Å². The number of anilines is 1. The van der Waals surface area contributed by atoms with Crippen LogP contribution in [0.5, 0.6) is 0 Å². The van der Waals surface area contributed by atoms with Gasteiger partial charge in [-0.2, -0.15) is 9.57 Å². The van der Waals surface area contributed by atoms with Gasteiger partial charge in [0.05, 0.1) is 23.5 Å². The molecule has 1 heterocycles. The van der Waals surface area contributed by atoms with Gasteiger partial charge in [-0.1, -0.05) is 18.2 Å². The molecule has 2 aromatic rings. The Labute approximate surface area is 192 Å². The van der Waals surface area contributed by atoms with Crippen molar-refractivity contribution in [3.63, 3.8) is 0 Å². The van der Waals surface area contributed by atoms with E-state index in [1.807, 2.05) is 13.0 Å². The lowest BCUT2D eigenvalue weighted by Gasteiger charge is -2.22. The first-order valence-electron chi connectivity index (χ1n) is 10.3. The molecule has 1 saturated heterocycles. The molecule has 0 bridgehead atoms. The van der Waals surface area contributed by atoms with Crippen LogP contribution < -0.4 is 5.32 Å². The average Bonchev–Trinajstić information content (AvgIpc) is 3.18. The fourth-order valence-corrected chi connectivity index (χ4v) is 5.21. The normalized spacial score (nSPS) is 18.5. The molecule has 174 valence electrons. The van der Waals surface area contributed by atoms with E-state index in [2.05, 4.69) is 5.32 Å². The lowest BCUT2D eigenvalue weighted by Crippen LogP contribution is -2.42. The molecule has 1 unspecified atom stereocenters. The summed E-state index contributed by atoms with van der Waals surface area (Å²) in [6, 6.07) is 12.1. The minimum Gasteiger partial charge on any atom is -0.454 e. The number of carbonyl (C=O) groups is 2. The second-order valence-corrected chi connectivity index (χ2v) is 9.80. The van der Waals surface area contributed by atoms with Crippen molar-refractivity contribution in [3.8, 4) is 6.07 Å². The van der Waals surface area contributed by atoms with Crippen molar-refractivity contribution in [2.45, 2.75) is 43.7 Å². The van der Waals surface area contributed by atoms with Gasteiger partial charge in [0.2, 0.25) is 10.0 Å². The van der Waals surface area contributed by atoms with Crippen LogP contribution in [0, 0.1) is 25.2 Å². The number of hydrogen-bond donors (Lipinski definition) is 2. The highest BCUT2D eigenvalue weighted by Crippen LogP contribution is 2.28. The summed E-state index contributed by atoms with van der Waals surface area (Å²) in [7, 11) is -4.05. The molecule has 2 N–H and O–H groups in total. The van der Waals surface area contributed by atoms with Crippen LogP contribution in [0.4, 0.5) is 5.69 Å². The van der Waals surface area contributed by atoms with Gasteiger partial charge in [0.15, 0.2) is 6.61 Å². The summed E-state index contributed by atoms with van der Waals surface area (Å²) < 4.78 is 32.2. The number of sulfonamides is 1. The molecule has 0 aliphatic carbocycles. The molecule has 2 atom stereocenters. The average molecular weight is 472 g/mol. The summed E-state index contributed by atoms with van der Waals surface area (Å²) in [6.07, 6.45) is -0.893. The highest BCUT2D eigenvalue weighted by Gasteiger charge is 2.44. The number of nitriles is 1. The molecule has 0 saturated carbocycles. The molecule has 1 aliphatic rings. The second kappa shape index (κ2) is 10.1. The Kier molecular flexibility index (Phi) is 7.48. The van der Waals surface area contributed by atoms with Gasteiger partial charge in [0, 0.05) is 18.7 Å². The number of nitrogens with one attached hydrogen (secondary N) is 1. The van der Waals surface area contributed by atoms with Crippen LogP contribution in [-0.4, -0.2) is 55.0 Å². The number of ether oxygens (including phenoxy) is 1. The van der Waals surface area contributed by atoms with Crippen LogP contribution in [0.3, 0.4) is 0 Å². The topological polar surface area (TPSA) is 137 Å². The third kappa shape index (κ3) is 5.76. The zero-order valence-electron chi connectivity index (χ0n) is 18.3. The van der Waals surface area contributed by atoms with Gasteiger partial charge >= 0.3 is 5.97 Å². The van der Waals surface area contributed by atoms with Crippen molar-refractivity contribution in [1.29, 1.82) is 5.26 Å². The lowest BCUT2D eigenvalue weighted by atomic mass is 10.1. The first kappa shape index (κ1) is 24.4. The SMILES string of the molecule is Cc1ccc(S(=O)(=O)N2CC(O)C[C@H]2C(=O)OCC(=O)Nc2ccc(CC#N)cc2)cc1C. The van der Waals surface area contributed by atoms with Gasteiger partial charge < -0.3 is 15.2 Å². The van der Waals surface area contributed by atoms with Crippen LogP contribution >= 0.6 is 0 Å². The van der Waals surface area contributed by atoms with Gasteiger partial charge in [0.1, 0.15) is 6.04 Å². The number of β-amino-alcohol motifs (C(OH)–C–C–N with tert-alkyl or cyclic N) is 1. The van der Waals surface area contributed by atoms with E-state index in [4.69, 9.17) is 10.00 Å². The molecule has 1 amide bonds. The van der Waals surface area contributed by atoms with Crippen LogP contribution in [0.25, 0.3) is 0 Å². The summed E-state index contributed by atoms with van der Waals surface area (Å²) in [6.45, 7) is 2.80. The molecular formula is C23H25N3O6S. The molecule has 10 heteroatoms. The third-order valence-electron chi connectivity index (χ3n) is 5.46. The first-order valence-corrected chi connectivity index (χ1v) is 11.8. The van der Waals surface area contributed by atoms with E-state index in [1.54, 1.807) is 37.3 Å². The van der Waals surface area contributed by atoms with E-state index in [1.165, 1.54) is 12.1 Å². The van der Waals surface area contributed by atoms with Crippen molar-refractivity contribution in [3.05, 3.63) is 59.2 Å². The van der Waals surface area contributed by atoms with Crippen LogP contribution in [-0.2, 0) is 30.8 Å². The third-order valence-corrected chi connectivity index (χ3v) is 7.33. The van der Waals surface area contributed by atoms with Crippen molar-refractivity contribution in [2.75, 3.05) is 18.5 Å². The van der Waals surface area contributed by atoms with Crippen molar-refractivity contribution < 1.29 is 27.9 Å². The number of carbonyl (C=O) groups excluding carboxylic acids is 2. The first-order chi connectivity index (χ1) is 15.6. The Morgan fingerprint density at radius 2 is 1.88 bits per heavy atom. The fourth-order valence-electron chi connectivity index (χ4n) is 3.50. The Morgan fingerprint density at radius 3 is 2.52 bits per heavy atom. The van der Waals surface area contributed by atoms with E-state index >= 15 is 0 Å². The zero-order chi connectivity index (χ0) is 24.2. The number of amides is 1. The predicted molar refractivity (Wildman–Crippen MR) is 120 cm³/mol. The number of nitrogens with zero attached hydrogens (tertiary/aromatic N) is 2. The van der Waals surface area contributed by atoms with Crippen molar-refractivity contribution in [1.82, 2.24) is 4.31 Å². The lowest BCUT2D eigenvalue weighted by molar-refractivity contribution is -0.150. The number of aliphatic hydroxyl groups excluding tert-OH is 1. The molecule has 2 aromatic carbocycles. The maximum atomic E-state index is 13.1. The largest absolute Gasteiger partial charge is 0.454 e. The number of benzene rings is 2. The molecule has 3 rings (SSSR count). The van der Waals surface area contributed by atoms with Crippen LogP contribution in [0.2, 0.25) is 0 Å². The van der Waals surface area contributed by atoms with E-state index in [0.717, 1.165) is 21.0 Å². The minimum absolute atomic E-state index is 0.0232. The Morgan fingerprint density at radius 1 is 1.18 bits per heavy atom. The summed E-state index contributed by atoms with van der Waals surface area (Å²) in [5.74, 6) is -1.50. The number of hydrogen-bond acceptors (Lipinski definition) is 7. The molecule has 1 fully saturated rings. The molecule has 0 spiro atoms. The summed E-state index contributed by atoms with van der Waals surface area (Å²) in [4.78, 5) is 24.8. The maximum absolute atomic E-state index is 13.1. The van der Waals surface area contributed by atoms with Crippen LogP contribution in [0.1, 0.15) is 23.1 Å². The van der Waals surface area contributed by atoms with Crippen molar-refractivity contribution in [2.24, 2.45) is 0 Å². The standard InChI is InChI=1S/C23H25N3O6S/c1-15-3-8-20(11-16(15)2)33(30,31)26-13-19(27)12-21(26)23(29)32-14-22(28)25-18-6-4-17(5-7-18)9-10-24/h3-8,11,19,21,27H,9,12-14H2,1-2H3,(H,25,28)/t19?,21-/m0/s1. The summed E-state index contributed by atoms with van der Waals surface area (Å²) >= 11 is 0. The molecule has 9 nitrogen and oxygen atoms in total. The van der Waals surface area contributed by atoms with E-state index < -0.39 is 40.7 Å². The Balaban J connectivity index is 1.64. The van der Waals surface area contributed by atoms with Gasteiger partial charge in [-0.25, -0.2) is 8.42 Å². The van der Waals surface area contributed by atoms with E-state index in [9.17, 15) is 23.1 Å². The molecule has 33 heavy (non-hydrogen) atoms.